The maximum Gasteiger partial charge on any atom is 0.277 e. The summed E-state index contributed by atoms with van der Waals surface area (Å²) in [7, 11) is 0. The van der Waals surface area contributed by atoms with Crippen molar-refractivity contribution in [1.82, 2.24) is 15.1 Å². The molecule has 0 saturated carbocycles. The Balaban J connectivity index is 2.28. The third-order valence-corrected chi connectivity index (χ3v) is 2.96. The fourth-order valence-corrected chi connectivity index (χ4v) is 1.85. The van der Waals surface area contributed by atoms with Crippen molar-refractivity contribution in [3.05, 3.63) is 16.2 Å². The summed E-state index contributed by atoms with van der Waals surface area (Å²) in [5, 5.41) is 6.57. The van der Waals surface area contributed by atoms with Crippen LogP contribution in [0.3, 0.4) is 0 Å². The fraction of sp³-hybridized carbons (Fsp3) is 0.444. The minimum absolute atomic E-state index is 0.0580. The van der Waals surface area contributed by atoms with Gasteiger partial charge in [0.25, 0.3) is 5.89 Å². The highest BCUT2D eigenvalue weighted by Crippen LogP contribution is 2.23. The molecule has 1 unspecified atom stereocenters. The molecule has 15 heavy (non-hydrogen) atoms. The Morgan fingerprint density at radius 3 is 2.87 bits per heavy atom. The standard InChI is InChI=1S/C9H12N4OS/c1-3-7-12-8(14-13-7)6-4-15-9(11-6)5(2)10/h4-5H,3,10H2,1-2H3. The summed E-state index contributed by atoms with van der Waals surface area (Å²) >= 11 is 1.51. The number of hydrogen-bond donors (Lipinski definition) is 1. The van der Waals surface area contributed by atoms with Gasteiger partial charge in [0, 0.05) is 11.8 Å². The van der Waals surface area contributed by atoms with E-state index in [1.54, 1.807) is 0 Å². The number of aryl methyl sites for hydroxylation is 1. The molecule has 0 aliphatic heterocycles. The predicted octanol–water partition coefficient (Wildman–Crippen LogP) is 1.78. The number of nitrogens with two attached hydrogens (primary N) is 1. The summed E-state index contributed by atoms with van der Waals surface area (Å²) in [5.41, 5.74) is 6.43. The van der Waals surface area contributed by atoms with Gasteiger partial charge in [0.15, 0.2) is 5.82 Å². The molecule has 0 fully saturated rings. The maximum atomic E-state index is 5.72. The van der Waals surface area contributed by atoms with Crippen molar-refractivity contribution in [1.29, 1.82) is 0 Å². The van der Waals surface area contributed by atoms with Crippen molar-refractivity contribution in [2.45, 2.75) is 26.3 Å². The second-order valence-corrected chi connectivity index (χ2v) is 4.12. The van der Waals surface area contributed by atoms with E-state index >= 15 is 0 Å². The van der Waals surface area contributed by atoms with Crippen LogP contribution in [0.1, 0.15) is 30.7 Å². The molecular weight excluding hydrogens is 212 g/mol. The van der Waals surface area contributed by atoms with Gasteiger partial charge in [-0.1, -0.05) is 12.1 Å². The van der Waals surface area contributed by atoms with Crippen LogP contribution in [-0.2, 0) is 6.42 Å². The molecular formula is C9H12N4OS. The van der Waals surface area contributed by atoms with Gasteiger partial charge in [-0.25, -0.2) is 4.98 Å². The van der Waals surface area contributed by atoms with Crippen LogP contribution in [-0.4, -0.2) is 15.1 Å². The molecule has 0 spiro atoms. The molecule has 5 nitrogen and oxygen atoms in total. The summed E-state index contributed by atoms with van der Waals surface area (Å²) in [6.07, 6.45) is 0.758. The second-order valence-electron chi connectivity index (χ2n) is 3.23. The Morgan fingerprint density at radius 2 is 2.33 bits per heavy atom. The Bertz CT molecular complexity index is 448. The lowest BCUT2D eigenvalue weighted by atomic mass is 10.4. The van der Waals surface area contributed by atoms with Gasteiger partial charge in [-0.2, -0.15) is 4.98 Å². The van der Waals surface area contributed by atoms with E-state index in [9.17, 15) is 0 Å². The number of nitrogens with zero attached hydrogens (tertiary/aromatic N) is 3. The first-order valence-electron chi connectivity index (χ1n) is 4.74. The Morgan fingerprint density at radius 1 is 1.53 bits per heavy atom. The summed E-state index contributed by atoms with van der Waals surface area (Å²) in [6, 6.07) is -0.0580. The molecule has 6 heteroatoms. The average molecular weight is 224 g/mol. The van der Waals surface area contributed by atoms with Gasteiger partial charge in [-0.3, -0.25) is 0 Å². The highest BCUT2D eigenvalue weighted by molar-refractivity contribution is 7.10. The smallest absolute Gasteiger partial charge is 0.277 e. The molecule has 0 aliphatic carbocycles. The minimum atomic E-state index is -0.0580. The van der Waals surface area contributed by atoms with E-state index in [1.807, 2.05) is 19.2 Å². The van der Waals surface area contributed by atoms with Gasteiger partial charge >= 0.3 is 0 Å². The first-order chi connectivity index (χ1) is 7.20. The normalized spacial score (nSPS) is 13.0. The van der Waals surface area contributed by atoms with Gasteiger partial charge in [0.1, 0.15) is 10.7 Å². The molecule has 1 atom stereocenters. The SMILES string of the molecule is CCc1noc(-c2csc(C(C)N)n2)n1. The Labute approximate surface area is 91.3 Å². The van der Waals surface area contributed by atoms with Crippen LogP contribution in [0.25, 0.3) is 11.6 Å². The highest BCUT2D eigenvalue weighted by Gasteiger charge is 2.13. The van der Waals surface area contributed by atoms with E-state index in [0.717, 1.165) is 11.4 Å². The van der Waals surface area contributed by atoms with E-state index in [1.165, 1.54) is 11.3 Å². The summed E-state index contributed by atoms with van der Waals surface area (Å²) in [5.74, 6) is 1.16. The number of hydrogen-bond acceptors (Lipinski definition) is 6. The molecule has 2 rings (SSSR count). The van der Waals surface area contributed by atoms with Crippen molar-refractivity contribution in [3.8, 4) is 11.6 Å². The topological polar surface area (TPSA) is 77.8 Å². The van der Waals surface area contributed by atoms with Gasteiger partial charge in [-0.05, 0) is 6.92 Å². The van der Waals surface area contributed by atoms with Crippen molar-refractivity contribution < 1.29 is 4.52 Å². The van der Waals surface area contributed by atoms with Crippen LogP contribution < -0.4 is 5.73 Å². The molecule has 2 aromatic heterocycles. The molecule has 0 bridgehead atoms. The fourth-order valence-electron chi connectivity index (χ4n) is 1.10. The maximum absolute atomic E-state index is 5.72. The molecule has 2 heterocycles. The zero-order valence-electron chi connectivity index (χ0n) is 8.60. The predicted molar refractivity (Wildman–Crippen MR) is 57.4 cm³/mol. The van der Waals surface area contributed by atoms with Crippen molar-refractivity contribution in [3.63, 3.8) is 0 Å². The van der Waals surface area contributed by atoms with Crippen molar-refractivity contribution >= 4 is 11.3 Å². The summed E-state index contributed by atoms with van der Waals surface area (Å²) in [4.78, 5) is 8.52. The van der Waals surface area contributed by atoms with E-state index in [0.29, 0.717) is 17.4 Å². The van der Waals surface area contributed by atoms with E-state index in [2.05, 4.69) is 15.1 Å². The molecule has 2 N–H and O–H groups in total. The lowest BCUT2D eigenvalue weighted by Gasteiger charge is -1.95. The third-order valence-electron chi connectivity index (χ3n) is 1.91. The van der Waals surface area contributed by atoms with Crippen LogP contribution in [0.4, 0.5) is 0 Å². The average Bonchev–Trinajstić information content (AvgIpc) is 2.86. The van der Waals surface area contributed by atoms with Gasteiger partial charge in [-0.15, -0.1) is 11.3 Å². The quantitative estimate of drug-likeness (QED) is 0.859. The summed E-state index contributed by atoms with van der Waals surface area (Å²) in [6.45, 7) is 3.87. The molecule has 0 saturated heterocycles. The van der Waals surface area contributed by atoms with Gasteiger partial charge < -0.3 is 10.3 Å². The number of thiazole rings is 1. The zero-order valence-corrected chi connectivity index (χ0v) is 9.41. The molecule has 0 radical (unpaired) electrons. The largest absolute Gasteiger partial charge is 0.332 e. The van der Waals surface area contributed by atoms with Crippen LogP contribution in [0.2, 0.25) is 0 Å². The van der Waals surface area contributed by atoms with E-state index in [4.69, 9.17) is 10.3 Å². The summed E-state index contributed by atoms with van der Waals surface area (Å²) < 4.78 is 5.08. The van der Waals surface area contributed by atoms with Crippen LogP contribution >= 0.6 is 11.3 Å². The third kappa shape index (κ3) is 2.05. The van der Waals surface area contributed by atoms with Gasteiger partial charge in [0.2, 0.25) is 0 Å². The molecule has 0 aromatic carbocycles. The lowest BCUT2D eigenvalue weighted by molar-refractivity contribution is 0.422. The van der Waals surface area contributed by atoms with Gasteiger partial charge in [0.05, 0.1) is 6.04 Å². The molecule has 0 aliphatic rings. The first-order valence-corrected chi connectivity index (χ1v) is 5.62. The highest BCUT2D eigenvalue weighted by atomic mass is 32.1. The number of aromatic nitrogens is 3. The Hall–Kier alpha value is -1.27. The van der Waals surface area contributed by atoms with Crippen LogP contribution in [0.5, 0.6) is 0 Å². The zero-order chi connectivity index (χ0) is 10.8. The first kappa shape index (κ1) is 10.3. The number of rotatable bonds is 3. The molecule has 0 amide bonds. The van der Waals surface area contributed by atoms with Crippen molar-refractivity contribution in [2.75, 3.05) is 0 Å². The Kier molecular flexibility index (Phi) is 2.79. The minimum Gasteiger partial charge on any atom is -0.332 e. The van der Waals surface area contributed by atoms with Crippen molar-refractivity contribution in [2.24, 2.45) is 5.73 Å². The second kappa shape index (κ2) is 4.08. The van der Waals surface area contributed by atoms with E-state index in [-0.39, 0.29) is 6.04 Å². The lowest BCUT2D eigenvalue weighted by Crippen LogP contribution is -2.03. The monoisotopic (exact) mass is 224 g/mol. The molecule has 2 aromatic rings. The van der Waals surface area contributed by atoms with Crippen LogP contribution in [0.15, 0.2) is 9.90 Å². The van der Waals surface area contributed by atoms with Crippen LogP contribution in [0, 0.1) is 0 Å². The molecule has 80 valence electrons. The van der Waals surface area contributed by atoms with E-state index < -0.39 is 0 Å².